The summed E-state index contributed by atoms with van der Waals surface area (Å²) < 4.78 is 4.67. The van der Waals surface area contributed by atoms with Gasteiger partial charge in [0.25, 0.3) is 0 Å². The molecule has 1 aromatic carbocycles. The molecule has 0 atom stereocenters. The van der Waals surface area contributed by atoms with Gasteiger partial charge < -0.3 is 15.4 Å². The largest absolute Gasteiger partial charge is 0.465 e. The molecule has 1 rings (SSSR count). The molecule has 0 spiro atoms. The van der Waals surface area contributed by atoms with Crippen molar-refractivity contribution < 1.29 is 14.3 Å². The number of benzene rings is 1. The SMILES string of the molecule is CCOC(=O)CNC(=O)Nc1cccc(C)c1C#N. The predicted molar refractivity (Wildman–Crippen MR) is 69.5 cm³/mol. The lowest BCUT2D eigenvalue weighted by Gasteiger charge is -2.09. The molecule has 0 saturated heterocycles. The highest BCUT2D eigenvalue weighted by Crippen LogP contribution is 2.17. The third-order valence-electron chi connectivity index (χ3n) is 2.33. The van der Waals surface area contributed by atoms with Gasteiger partial charge in [-0.25, -0.2) is 4.79 Å². The predicted octanol–water partition coefficient (Wildman–Crippen LogP) is 1.55. The Bertz CT molecular complexity index is 520. The second-order valence-corrected chi connectivity index (χ2v) is 3.72. The molecule has 0 aliphatic rings. The van der Waals surface area contributed by atoms with Gasteiger partial charge in [-0.05, 0) is 25.5 Å². The number of ether oxygens (including phenoxy) is 1. The van der Waals surface area contributed by atoms with Crippen molar-refractivity contribution in [1.82, 2.24) is 5.32 Å². The first-order chi connectivity index (χ1) is 9.08. The normalized spacial score (nSPS) is 9.32. The molecule has 19 heavy (non-hydrogen) atoms. The number of hydrogen-bond acceptors (Lipinski definition) is 4. The topological polar surface area (TPSA) is 91.2 Å². The fourth-order valence-electron chi connectivity index (χ4n) is 1.45. The Morgan fingerprint density at radius 1 is 1.42 bits per heavy atom. The number of nitrogens with one attached hydrogen (secondary N) is 2. The lowest BCUT2D eigenvalue weighted by molar-refractivity contribution is -0.141. The van der Waals surface area contributed by atoms with Gasteiger partial charge in [0.1, 0.15) is 12.6 Å². The molecule has 1 aromatic rings. The number of urea groups is 1. The molecule has 2 N–H and O–H groups in total. The standard InChI is InChI=1S/C13H15N3O3/c1-3-19-12(17)8-15-13(18)16-11-6-4-5-9(2)10(11)7-14/h4-6H,3,8H2,1-2H3,(H2,15,16,18). The molecule has 0 aliphatic carbocycles. The van der Waals surface area contributed by atoms with Gasteiger partial charge in [-0.3, -0.25) is 4.79 Å². The summed E-state index contributed by atoms with van der Waals surface area (Å²) in [5.41, 5.74) is 1.57. The number of hydrogen-bond donors (Lipinski definition) is 2. The maximum absolute atomic E-state index is 11.6. The monoisotopic (exact) mass is 261 g/mol. The summed E-state index contributed by atoms with van der Waals surface area (Å²) in [7, 11) is 0. The molecule has 0 bridgehead atoms. The number of carbonyl (C=O) groups is 2. The third kappa shape index (κ3) is 4.32. The zero-order chi connectivity index (χ0) is 14.3. The number of rotatable bonds is 4. The van der Waals surface area contributed by atoms with Gasteiger partial charge in [-0.15, -0.1) is 0 Å². The summed E-state index contributed by atoms with van der Waals surface area (Å²) in [6.07, 6.45) is 0. The first-order valence-corrected chi connectivity index (χ1v) is 5.78. The Hall–Kier alpha value is -2.55. The van der Waals surface area contributed by atoms with Crippen molar-refractivity contribution in [3.63, 3.8) is 0 Å². The fraction of sp³-hybridized carbons (Fsp3) is 0.308. The highest BCUT2D eigenvalue weighted by atomic mass is 16.5. The van der Waals surface area contributed by atoms with Crippen molar-refractivity contribution in [3.05, 3.63) is 29.3 Å². The number of anilines is 1. The van der Waals surface area contributed by atoms with E-state index in [2.05, 4.69) is 15.4 Å². The van der Waals surface area contributed by atoms with Crippen LogP contribution in [0.4, 0.5) is 10.5 Å². The number of nitrogens with zero attached hydrogens (tertiary/aromatic N) is 1. The first kappa shape index (κ1) is 14.5. The quantitative estimate of drug-likeness (QED) is 0.804. The zero-order valence-corrected chi connectivity index (χ0v) is 10.8. The first-order valence-electron chi connectivity index (χ1n) is 5.78. The van der Waals surface area contributed by atoms with E-state index in [1.165, 1.54) is 0 Å². The number of nitriles is 1. The van der Waals surface area contributed by atoms with Crippen LogP contribution in [0.5, 0.6) is 0 Å². The van der Waals surface area contributed by atoms with Crippen LogP contribution in [0.25, 0.3) is 0 Å². The molecule has 0 heterocycles. The molecular weight excluding hydrogens is 246 g/mol. The summed E-state index contributed by atoms with van der Waals surface area (Å²) in [5, 5.41) is 13.9. The summed E-state index contributed by atoms with van der Waals surface area (Å²) in [6, 6.07) is 6.59. The van der Waals surface area contributed by atoms with Crippen LogP contribution in [0, 0.1) is 18.3 Å². The van der Waals surface area contributed by atoms with E-state index >= 15 is 0 Å². The van der Waals surface area contributed by atoms with Crippen LogP contribution in [-0.2, 0) is 9.53 Å². The molecule has 0 saturated carbocycles. The Labute approximate surface area is 111 Å². The van der Waals surface area contributed by atoms with E-state index in [0.717, 1.165) is 5.56 Å². The highest BCUT2D eigenvalue weighted by Gasteiger charge is 2.09. The van der Waals surface area contributed by atoms with E-state index in [9.17, 15) is 9.59 Å². The summed E-state index contributed by atoms with van der Waals surface area (Å²) in [5.74, 6) is -0.512. The minimum atomic E-state index is -0.560. The molecule has 2 amide bonds. The third-order valence-corrected chi connectivity index (χ3v) is 2.33. The lowest BCUT2D eigenvalue weighted by atomic mass is 10.1. The number of esters is 1. The molecule has 100 valence electrons. The molecule has 0 aromatic heterocycles. The van der Waals surface area contributed by atoms with Crippen molar-refractivity contribution in [2.75, 3.05) is 18.5 Å². The number of carbonyl (C=O) groups excluding carboxylic acids is 2. The smallest absolute Gasteiger partial charge is 0.325 e. The second kappa shape index (κ2) is 7.01. The van der Waals surface area contributed by atoms with Crippen LogP contribution in [0.15, 0.2) is 18.2 Å². The van der Waals surface area contributed by atoms with Gasteiger partial charge in [-0.1, -0.05) is 12.1 Å². The molecular formula is C13H15N3O3. The summed E-state index contributed by atoms with van der Waals surface area (Å²) in [6.45, 7) is 3.51. The van der Waals surface area contributed by atoms with Crippen LogP contribution >= 0.6 is 0 Å². The molecule has 0 aliphatic heterocycles. The van der Waals surface area contributed by atoms with Gasteiger partial charge in [0.2, 0.25) is 0 Å². The molecule has 6 heteroatoms. The van der Waals surface area contributed by atoms with Gasteiger partial charge in [0.05, 0.1) is 17.9 Å². The van der Waals surface area contributed by atoms with Crippen molar-refractivity contribution in [1.29, 1.82) is 5.26 Å². The van der Waals surface area contributed by atoms with Gasteiger partial charge in [0.15, 0.2) is 0 Å². The van der Waals surface area contributed by atoms with E-state index in [-0.39, 0.29) is 13.2 Å². The molecule has 0 radical (unpaired) electrons. The molecule has 0 fully saturated rings. The molecule has 6 nitrogen and oxygen atoms in total. The van der Waals surface area contributed by atoms with Crippen LogP contribution in [0.3, 0.4) is 0 Å². The number of aryl methyl sites for hydroxylation is 1. The van der Waals surface area contributed by atoms with Crippen LogP contribution in [-0.4, -0.2) is 25.2 Å². The molecule has 0 unspecified atom stereocenters. The fourth-order valence-corrected chi connectivity index (χ4v) is 1.45. The van der Waals surface area contributed by atoms with Crippen molar-refractivity contribution >= 4 is 17.7 Å². The Morgan fingerprint density at radius 3 is 2.79 bits per heavy atom. The van der Waals surface area contributed by atoms with Crippen molar-refractivity contribution in [3.8, 4) is 6.07 Å². The summed E-state index contributed by atoms with van der Waals surface area (Å²) >= 11 is 0. The Morgan fingerprint density at radius 2 is 2.16 bits per heavy atom. The highest BCUT2D eigenvalue weighted by molar-refractivity contribution is 5.92. The van der Waals surface area contributed by atoms with Crippen LogP contribution in [0.1, 0.15) is 18.1 Å². The van der Waals surface area contributed by atoms with E-state index in [4.69, 9.17) is 5.26 Å². The van der Waals surface area contributed by atoms with Gasteiger partial charge in [-0.2, -0.15) is 5.26 Å². The van der Waals surface area contributed by atoms with Crippen molar-refractivity contribution in [2.45, 2.75) is 13.8 Å². The maximum Gasteiger partial charge on any atom is 0.325 e. The Kier molecular flexibility index (Phi) is 5.35. The minimum absolute atomic E-state index is 0.215. The average molecular weight is 261 g/mol. The van der Waals surface area contributed by atoms with E-state index in [1.807, 2.05) is 6.07 Å². The van der Waals surface area contributed by atoms with E-state index in [0.29, 0.717) is 11.3 Å². The summed E-state index contributed by atoms with van der Waals surface area (Å²) in [4.78, 5) is 22.6. The van der Waals surface area contributed by atoms with Crippen molar-refractivity contribution in [2.24, 2.45) is 0 Å². The van der Waals surface area contributed by atoms with Gasteiger partial charge in [0, 0.05) is 0 Å². The Balaban J connectivity index is 2.61. The van der Waals surface area contributed by atoms with E-state index in [1.54, 1.807) is 32.0 Å². The minimum Gasteiger partial charge on any atom is -0.465 e. The maximum atomic E-state index is 11.6. The lowest BCUT2D eigenvalue weighted by Crippen LogP contribution is -2.34. The van der Waals surface area contributed by atoms with Crippen LogP contribution < -0.4 is 10.6 Å². The van der Waals surface area contributed by atoms with E-state index < -0.39 is 12.0 Å². The zero-order valence-electron chi connectivity index (χ0n) is 10.8. The second-order valence-electron chi connectivity index (χ2n) is 3.72. The van der Waals surface area contributed by atoms with Crippen LogP contribution in [0.2, 0.25) is 0 Å². The van der Waals surface area contributed by atoms with Gasteiger partial charge >= 0.3 is 12.0 Å². The number of amides is 2. The average Bonchev–Trinajstić information content (AvgIpc) is 2.37.